The number of amides is 1. The summed E-state index contributed by atoms with van der Waals surface area (Å²) in [5, 5.41) is 11.9. The highest BCUT2D eigenvalue weighted by Crippen LogP contribution is 2.45. The summed E-state index contributed by atoms with van der Waals surface area (Å²) in [4.78, 5) is 13.8. The van der Waals surface area contributed by atoms with E-state index in [1.54, 1.807) is 24.3 Å². The van der Waals surface area contributed by atoms with Crippen LogP contribution in [0, 0.1) is 0 Å². The van der Waals surface area contributed by atoms with Crippen molar-refractivity contribution in [2.24, 2.45) is 0 Å². The lowest BCUT2D eigenvalue weighted by atomic mass is 9.98. The Morgan fingerprint density at radius 2 is 1.65 bits per heavy atom. The first-order valence-corrected chi connectivity index (χ1v) is 7.94. The molecule has 1 aliphatic heterocycles. The van der Waals surface area contributed by atoms with E-state index in [1.165, 1.54) is 11.0 Å². The molecule has 1 N–H and O–H groups in total. The molecule has 0 saturated heterocycles. The Morgan fingerprint density at radius 3 is 2.26 bits per heavy atom. The molecular formula is C18H15Cl2NO2. The monoisotopic (exact) mass is 347 g/mol. The molecule has 1 aliphatic rings. The van der Waals surface area contributed by atoms with Crippen LogP contribution in [-0.2, 0) is 10.5 Å². The third-order valence-electron chi connectivity index (χ3n) is 4.09. The summed E-state index contributed by atoms with van der Waals surface area (Å²) in [6.45, 7) is 1.86. The minimum absolute atomic E-state index is 0.0765. The number of carbonyl (C=O) groups excluding carboxylic acids is 1. The second-order valence-electron chi connectivity index (χ2n) is 5.47. The summed E-state index contributed by atoms with van der Waals surface area (Å²) >= 11 is 12.1. The Kier molecular flexibility index (Phi) is 4.19. The average molecular weight is 348 g/mol. The van der Waals surface area contributed by atoms with Crippen molar-refractivity contribution in [1.82, 2.24) is 4.90 Å². The van der Waals surface area contributed by atoms with Crippen molar-refractivity contribution in [3.8, 4) is 0 Å². The van der Waals surface area contributed by atoms with Gasteiger partial charge in [-0.2, -0.15) is 0 Å². The first-order valence-electron chi connectivity index (χ1n) is 7.19. The van der Waals surface area contributed by atoms with Crippen molar-refractivity contribution in [2.45, 2.75) is 18.7 Å². The maximum Gasteiger partial charge on any atom is 0.251 e. The molecule has 3 nitrogen and oxygen atoms in total. The summed E-state index contributed by atoms with van der Waals surface area (Å²) in [5.41, 5.74) is -0.289. The number of benzene rings is 2. The molecule has 0 fully saturated rings. The number of nitrogens with zero attached hydrogens (tertiary/aromatic N) is 1. The number of hydrogen-bond acceptors (Lipinski definition) is 2. The summed E-state index contributed by atoms with van der Waals surface area (Å²) in [6.07, 6.45) is 1.26. The fourth-order valence-corrected chi connectivity index (χ4v) is 3.28. The Hall–Kier alpha value is -1.81. The second kappa shape index (κ2) is 6.00. The van der Waals surface area contributed by atoms with E-state index in [2.05, 4.69) is 0 Å². The number of halogens is 2. The van der Waals surface area contributed by atoms with Gasteiger partial charge >= 0.3 is 0 Å². The van der Waals surface area contributed by atoms with Gasteiger partial charge in [0, 0.05) is 16.7 Å². The summed E-state index contributed by atoms with van der Waals surface area (Å²) in [6, 6.07) is 15.8. The zero-order valence-electron chi connectivity index (χ0n) is 12.4. The smallest absolute Gasteiger partial charge is 0.251 e. The van der Waals surface area contributed by atoms with Gasteiger partial charge in [-0.05, 0) is 24.6 Å². The maximum atomic E-state index is 12.4. The van der Waals surface area contributed by atoms with Crippen molar-refractivity contribution in [1.29, 1.82) is 0 Å². The number of rotatable bonds is 3. The molecule has 0 radical (unpaired) electrons. The van der Waals surface area contributed by atoms with Crippen LogP contribution in [-0.4, -0.2) is 15.9 Å². The molecule has 1 amide bonds. The molecule has 0 aliphatic carbocycles. The van der Waals surface area contributed by atoms with Gasteiger partial charge in [0.2, 0.25) is 5.72 Å². The molecule has 23 heavy (non-hydrogen) atoms. The molecule has 2 aromatic rings. The van der Waals surface area contributed by atoms with Crippen LogP contribution in [0.1, 0.15) is 24.1 Å². The summed E-state index contributed by atoms with van der Waals surface area (Å²) in [5.74, 6) is -0.330. The minimum atomic E-state index is -1.70. The van der Waals surface area contributed by atoms with Crippen molar-refractivity contribution in [3.63, 3.8) is 0 Å². The average Bonchev–Trinajstić information content (AvgIpc) is 2.78. The van der Waals surface area contributed by atoms with Gasteiger partial charge in [0.25, 0.3) is 5.91 Å². The zero-order chi connectivity index (χ0) is 16.6. The van der Waals surface area contributed by atoms with Gasteiger partial charge in [-0.3, -0.25) is 9.69 Å². The SMILES string of the molecule is CC(c1ccccc1)N1C(=O)C=C(Cl)C1(O)c1ccc(Cl)cc1. The molecule has 0 bridgehead atoms. The fraction of sp³-hybridized carbons (Fsp3) is 0.167. The highest BCUT2D eigenvalue weighted by atomic mass is 35.5. The second-order valence-corrected chi connectivity index (χ2v) is 6.31. The van der Waals surface area contributed by atoms with E-state index in [1.807, 2.05) is 37.3 Å². The first kappa shape index (κ1) is 16.1. The predicted octanol–water partition coefficient (Wildman–Crippen LogP) is 4.21. The first-order chi connectivity index (χ1) is 10.9. The molecular weight excluding hydrogens is 333 g/mol. The van der Waals surface area contributed by atoms with Crippen LogP contribution in [0.3, 0.4) is 0 Å². The molecule has 3 rings (SSSR count). The minimum Gasteiger partial charge on any atom is -0.362 e. The van der Waals surface area contributed by atoms with E-state index >= 15 is 0 Å². The Bertz CT molecular complexity index is 758. The Balaban J connectivity index is 2.07. The van der Waals surface area contributed by atoms with Gasteiger partial charge in [-0.1, -0.05) is 65.7 Å². The third kappa shape index (κ3) is 2.65. The summed E-state index contributed by atoms with van der Waals surface area (Å²) < 4.78 is 0. The number of aliphatic hydroxyl groups is 1. The third-order valence-corrected chi connectivity index (χ3v) is 4.71. The zero-order valence-corrected chi connectivity index (χ0v) is 13.9. The standard InChI is InChI=1S/C18H15Cl2NO2/c1-12(13-5-3-2-4-6-13)21-17(22)11-16(20)18(21,23)14-7-9-15(19)10-8-14/h2-12,23H,1H3. The van der Waals surface area contributed by atoms with Crippen LogP contribution in [0.4, 0.5) is 0 Å². The van der Waals surface area contributed by atoms with Crippen LogP contribution in [0.2, 0.25) is 5.02 Å². The van der Waals surface area contributed by atoms with Crippen molar-refractivity contribution >= 4 is 29.1 Å². The Morgan fingerprint density at radius 1 is 1.04 bits per heavy atom. The fourth-order valence-electron chi connectivity index (χ4n) is 2.86. The predicted molar refractivity (Wildman–Crippen MR) is 91.0 cm³/mol. The number of carbonyl (C=O) groups is 1. The molecule has 1 heterocycles. The van der Waals surface area contributed by atoms with Gasteiger partial charge in [0.1, 0.15) is 0 Å². The van der Waals surface area contributed by atoms with Gasteiger partial charge in [0.15, 0.2) is 0 Å². The lowest BCUT2D eigenvalue weighted by Gasteiger charge is -2.39. The van der Waals surface area contributed by atoms with Crippen molar-refractivity contribution in [3.05, 3.63) is 81.9 Å². The van der Waals surface area contributed by atoms with Gasteiger partial charge in [-0.15, -0.1) is 0 Å². The van der Waals surface area contributed by atoms with Crippen LogP contribution >= 0.6 is 23.2 Å². The molecule has 0 aromatic heterocycles. The van der Waals surface area contributed by atoms with E-state index < -0.39 is 5.72 Å². The van der Waals surface area contributed by atoms with E-state index in [-0.39, 0.29) is 17.0 Å². The van der Waals surface area contributed by atoms with Crippen molar-refractivity contribution < 1.29 is 9.90 Å². The van der Waals surface area contributed by atoms with Crippen LogP contribution < -0.4 is 0 Å². The molecule has 2 unspecified atom stereocenters. The maximum absolute atomic E-state index is 12.4. The van der Waals surface area contributed by atoms with Crippen molar-refractivity contribution in [2.75, 3.05) is 0 Å². The van der Waals surface area contributed by atoms with Crippen LogP contribution in [0.5, 0.6) is 0 Å². The lowest BCUT2D eigenvalue weighted by molar-refractivity contribution is -0.149. The lowest BCUT2D eigenvalue weighted by Crippen LogP contribution is -2.46. The molecule has 2 atom stereocenters. The van der Waals surface area contributed by atoms with Gasteiger partial charge in [0.05, 0.1) is 11.1 Å². The van der Waals surface area contributed by atoms with Crippen LogP contribution in [0.15, 0.2) is 65.7 Å². The topological polar surface area (TPSA) is 40.5 Å². The molecule has 118 valence electrons. The van der Waals surface area contributed by atoms with E-state index in [0.717, 1.165) is 5.56 Å². The highest BCUT2D eigenvalue weighted by molar-refractivity contribution is 6.33. The normalized spacial score (nSPS) is 22.2. The molecule has 0 saturated carbocycles. The van der Waals surface area contributed by atoms with E-state index in [9.17, 15) is 9.90 Å². The van der Waals surface area contributed by atoms with Gasteiger partial charge < -0.3 is 5.11 Å². The highest BCUT2D eigenvalue weighted by Gasteiger charge is 2.49. The van der Waals surface area contributed by atoms with E-state index in [0.29, 0.717) is 10.6 Å². The summed E-state index contributed by atoms with van der Waals surface area (Å²) in [7, 11) is 0. The largest absolute Gasteiger partial charge is 0.362 e. The van der Waals surface area contributed by atoms with E-state index in [4.69, 9.17) is 23.2 Å². The Labute approximate surface area is 144 Å². The van der Waals surface area contributed by atoms with Crippen LogP contribution in [0.25, 0.3) is 0 Å². The number of hydrogen-bond donors (Lipinski definition) is 1. The molecule has 2 aromatic carbocycles. The molecule has 0 spiro atoms. The quantitative estimate of drug-likeness (QED) is 0.903. The van der Waals surface area contributed by atoms with Gasteiger partial charge in [-0.25, -0.2) is 0 Å². The molecule has 5 heteroatoms.